The van der Waals surface area contributed by atoms with Crippen LogP contribution in [-0.2, 0) is 11.8 Å². The molecule has 1 aromatic carbocycles. The molecule has 0 radical (unpaired) electrons. The second kappa shape index (κ2) is 6.57. The van der Waals surface area contributed by atoms with Gasteiger partial charge in [-0.05, 0) is 12.1 Å². The van der Waals surface area contributed by atoms with Crippen molar-refractivity contribution in [2.24, 2.45) is 5.10 Å². The van der Waals surface area contributed by atoms with Crippen LogP contribution in [-0.4, -0.2) is 21.1 Å². The van der Waals surface area contributed by atoms with Crippen LogP contribution in [0.2, 0.25) is 10.0 Å². The minimum absolute atomic E-state index is 0.190. The maximum Gasteiger partial charge on any atom is 0.169 e. The fourth-order valence-electron chi connectivity index (χ4n) is 1.38. The van der Waals surface area contributed by atoms with Crippen LogP contribution < -0.4 is 0 Å². The van der Waals surface area contributed by atoms with Gasteiger partial charge in [-0.25, -0.2) is 0 Å². The van der Waals surface area contributed by atoms with Crippen LogP contribution in [0.4, 0.5) is 0 Å². The Bertz CT molecular complexity index is 587. The summed E-state index contributed by atoms with van der Waals surface area (Å²) in [4.78, 5) is 0. The van der Waals surface area contributed by atoms with E-state index < -0.39 is 0 Å². The van der Waals surface area contributed by atoms with E-state index in [9.17, 15) is 0 Å². The first-order valence-electron chi connectivity index (χ1n) is 5.20. The van der Waals surface area contributed by atoms with E-state index in [1.165, 1.54) is 4.68 Å². The summed E-state index contributed by atoms with van der Waals surface area (Å²) in [5, 5.41) is 13.1. The zero-order chi connectivity index (χ0) is 13.8. The van der Waals surface area contributed by atoms with Crippen LogP contribution in [0, 0.1) is 0 Å². The average Bonchev–Trinajstić information content (AvgIpc) is 2.79. The van der Waals surface area contributed by atoms with Crippen molar-refractivity contribution >= 4 is 52.6 Å². The number of aromatic nitrogens is 3. The molecule has 4 nitrogen and oxygen atoms in total. The third-order valence-corrected chi connectivity index (χ3v) is 3.32. The lowest BCUT2D eigenvalue weighted by Gasteiger charge is -2.01. The molecule has 0 aliphatic rings. The number of alkyl halides is 2. The van der Waals surface area contributed by atoms with Crippen molar-refractivity contribution in [2.75, 3.05) is 0 Å². The van der Waals surface area contributed by atoms with Gasteiger partial charge in [0, 0.05) is 10.6 Å². The van der Waals surface area contributed by atoms with E-state index in [-0.39, 0.29) is 11.8 Å². The fraction of sp³-hybridized carbons (Fsp3) is 0.182. The van der Waals surface area contributed by atoms with E-state index in [1.54, 1.807) is 24.4 Å². The Morgan fingerprint density at radius 3 is 2.26 bits per heavy atom. The van der Waals surface area contributed by atoms with Crippen molar-refractivity contribution < 1.29 is 0 Å². The van der Waals surface area contributed by atoms with Crippen LogP contribution in [0.5, 0.6) is 0 Å². The summed E-state index contributed by atoms with van der Waals surface area (Å²) in [6.45, 7) is 0. The van der Waals surface area contributed by atoms with Crippen molar-refractivity contribution in [1.29, 1.82) is 0 Å². The molecular formula is C11H8Cl4N4. The predicted molar refractivity (Wildman–Crippen MR) is 78.6 cm³/mol. The minimum Gasteiger partial charge on any atom is -0.199 e. The van der Waals surface area contributed by atoms with Crippen molar-refractivity contribution in [1.82, 2.24) is 14.9 Å². The summed E-state index contributed by atoms with van der Waals surface area (Å²) < 4.78 is 1.49. The Hall–Kier alpha value is -0.810. The third kappa shape index (κ3) is 3.39. The molecule has 0 saturated carbocycles. The number of hydrogen-bond donors (Lipinski definition) is 0. The molecule has 0 fully saturated rings. The highest BCUT2D eigenvalue weighted by atomic mass is 35.5. The van der Waals surface area contributed by atoms with Crippen LogP contribution >= 0.6 is 46.4 Å². The summed E-state index contributed by atoms with van der Waals surface area (Å²) in [6.07, 6.45) is 1.58. The van der Waals surface area contributed by atoms with Crippen LogP contribution in [0.1, 0.15) is 17.2 Å². The van der Waals surface area contributed by atoms with E-state index >= 15 is 0 Å². The van der Waals surface area contributed by atoms with Gasteiger partial charge >= 0.3 is 0 Å². The van der Waals surface area contributed by atoms with Gasteiger partial charge in [-0.1, -0.05) is 29.3 Å². The molecule has 0 atom stereocenters. The summed E-state index contributed by atoms with van der Waals surface area (Å²) >= 11 is 23.4. The first-order valence-corrected chi connectivity index (χ1v) is 7.02. The lowest BCUT2D eigenvalue weighted by Crippen LogP contribution is -2.00. The van der Waals surface area contributed by atoms with Gasteiger partial charge in [0.2, 0.25) is 0 Å². The van der Waals surface area contributed by atoms with Gasteiger partial charge in [0.1, 0.15) is 0 Å². The SMILES string of the molecule is ClCc1nnc(CCl)n1/N=C/c1ccc(Cl)cc1Cl. The number of benzene rings is 1. The summed E-state index contributed by atoms with van der Waals surface area (Å²) in [5.41, 5.74) is 0.723. The zero-order valence-corrected chi connectivity index (χ0v) is 12.5. The van der Waals surface area contributed by atoms with Gasteiger partial charge in [0.15, 0.2) is 11.6 Å². The molecule has 2 rings (SSSR count). The highest BCUT2D eigenvalue weighted by Gasteiger charge is 2.09. The second-order valence-corrected chi connectivity index (χ2v) is 4.90. The highest BCUT2D eigenvalue weighted by Crippen LogP contribution is 2.19. The van der Waals surface area contributed by atoms with Crippen LogP contribution in [0.15, 0.2) is 23.3 Å². The van der Waals surface area contributed by atoms with Gasteiger partial charge in [-0.2, -0.15) is 9.78 Å². The molecule has 0 N–H and O–H groups in total. The molecule has 0 bridgehead atoms. The van der Waals surface area contributed by atoms with Gasteiger partial charge in [-0.3, -0.25) is 0 Å². The number of hydrogen-bond acceptors (Lipinski definition) is 3. The molecule has 0 saturated heterocycles. The van der Waals surface area contributed by atoms with Crippen molar-refractivity contribution in [3.8, 4) is 0 Å². The zero-order valence-electron chi connectivity index (χ0n) is 9.52. The first-order chi connectivity index (χ1) is 9.15. The van der Waals surface area contributed by atoms with Crippen molar-refractivity contribution in [3.63, 3.8) is 0 Å². The minimum atomic E-state index is 0.190. The molecule has 0 aliphatic heterocycles. The first kappa shape index (κ1) is 14.6. The lowest BCUT2D eigenvalue weighted by molar-refractivity contribution is 0.785. The molecule has 19 heavy (non-hydrogen) atoms. The average molecular weight is 338 g/mol. The molecule has 0 amide bonds. The summed E-state index contributed by atoms with van der Waals surface area (Å²) in [7, 11) is 0. The van der Waals surface area contributed by atoms with E-state index in [4.69, 9.17) is 46.4 Å². The molecule has 1 aromatic heterocycles. The maximum atomic E-state index is 6.05. The number of nitrogens with zero attached hydrogens (tertiary/aromatic N) is 4. The van der Waals surface area contributed by atoms with Gasteiger partial charge in [0.25, 0.3) is 0 Å². The Balaban J connectivity index is 2.34. The largest absolute Gasteiger partial charge is 0.199 e. The van der Waals surface area contributed by atoms with Gasteiger partial charge in [0.05, 0.1) is 23.0 Å². The van der Waals surface area contributed by atoms with Crippen molar-refractivity contribution in [2.45, 2.75) is 11.8 Å². The molecule has 0 unspecified atom stereocenters. The van der Waals surface area contributed by atoms with E-state index in [1.807, 2.05) is 0 Å². The molecule has 0 aliphatic carbocycles. The van der Waals surface area contributed by atoms with E-state index in [2.05, 4.69) is 15.3 Å². The number of halogens is 4. The highest BCUT2D eigenvalue weighted by molar-refractivity contribution is 6.36. The van der Waals surface area contributed by atoms with Crippen LogP contribution in [0.25, 0.3) is 0 Å². The Morgan fingerprint density at radius 1 is 1.11 bits per heavy atom. The molecule has 2 aromatic rings. The fourth-order valence-corrected chi connectivity index (χ4v) is 2.17. The maximum absolute atomic E-state index is 6.05. The Morgan fingerprint density at radius 2 is 1.74 bits per heavy atom. The second-order valence-electron chi connectivity index (χ2n) is 3.52. The quantitative estimate of drug-likeness (QED) is 0.626. The smallest absolute Gasteiger partial charge is 0.169 e. The lowest BCUT2D eigenvalue weighted by atomic mass is 10.2. The molecule has 8 heteroatoms. The predicted octanol–water partition coefficient (Wildman–Crippen LogP) is 3.94. The summed E-state index contributed by atoms with van der Waals surface area (Å²) in [5.74, 6) is 1.41. The number of rotatable bonds is 4. The topological polar surface area (TPSA) is 43.1 Å². The Labute approximate surface area is 129 Å². The van der Waals surface area contributed by atoms with Crippen molar-refractivity contribution in [3.05, 3.63) is 45.5 Å². The normalized spacial score (nSPS) is 11.4. The van der Waals surface area contributed by atoms with Gasteiger partial charge < -0.3 is 0 Å². The van der Waals surface area contributed by atoms with E-state index in [0.29, 0.717) is 21.7 Å². The third-order valence-electron chi connectivity index (χ3n) is 2.28. The van der Waals surface area contributed by atoms with Gasteiger partial charge in [-0.15, -0.1) is 33.4 Å². The monoisotopic (exact) mass is 336 g/mol. The summed E-state index contributed by atoms with van der Waals surface area (Å²) in [6, 6.07) is 5.13. The molecular weight excluding hydrogens is 330 g/mol. The standard InChI is InChI=1S/C11H8Cl4N4/c12-4-10-17-18-11(5-13)19(10)16-6-7-1-2-8(14)3-9(7)15/h1-3,6H,4-5H2/b16-6+. The van der Waals surface area contributed by atoms with Crippen LogP contribution in [0.3, 0.4) is 0 Å². The Kier molecular flexibility index (Phi) is 5.05. The molecule has 0 spiro atoms. The molecule has 100 valence electrons. The van der Waals surface area contributed by atoms with E-state index in [0.717, 1.165) is 5.56 Å². The molecule has 1 heterocycles.